The number of aromatic nitrogens is 1. The van der Waals surface area contributed by atoms with Crippen LogP contribution >= 0.6 is 0 Å². The maximum Gasteiger partial charge on any atom is 0.490 e. The molecule has 9 nitrogen and oxygen atoms in total. The molecule has 0 spiro atoms. The van der Waals surface area contributed by atoms with E-state index in [-0.39, 0.29) is 12.2 Å². The molecule has 4 heterocycles. The van der Waals surface area contributed by atoms with E-state index in [1.54, 1.807) is 12.5 Å². The van der Waals surface area contributed by atoms with E-state index in [0.717, 1.165) is 31.8 Å². The molecule has 2 saturated heterocycles. The van der Waals surface area contributed by atoms with Crippen LogP contribution in [-0.2, 0) is 32.2 Å². The molecule has 4 rings (SSSR count). The zero-order valence-corrected chi connectivity index (χ0v) is 19.1. The van der Waals surface area contributed by atoms with Crippen molar-refractivity contribution in [2.45, 2.75) is 56.6 Å². The van der Waals surface area contributed by atoms with Crippen molar-refractivity contribution in [1.82, 2.24) is 9.88 Å². The van der Waals surface area contributed by atoms with E-state index in [1.807, 2.05) is 30.5 Å². The van der Waals surface area contributed by atoms with Crippen LogP contribution in [0.15, 0.2) is 47.4 Å². The van der Waals surface area contributed by atoms with Crippen LogP contribution < -0.4 is 0 Å². The van der Waals surface area contributed by atoms with Gasteiger partial charge in [-0.05, 0) is 31.0 Å². The summed E-state index contributed by atoms with van der Waals surface area (Å²) in [6.07, 6.45) is -2.25. The summed E-state index contributed by atoms with van der Waals surface area (Å²) in [5.74, 6) is -5.51. The van der Waals surface area contributed by atoms with E-state index >= 15 is 0 Å². The summed E-state index contributed by atoms with van der Waals surface area (Å²) >= 11 is 0. The van der Waals surface area contributed by atoms with E-state index in [9.17, 15) is 26.3 Å². The largest absolute Gasteiger partial charge is 0.490 e. The monoisotopic (exact) mass is 542 g/mol. The van der Waals surface area contributed by atoms with Crippen LogP contribution in [0.4, 0.5) is 26.3 Å². The molecule has 0 saturated carbocycles. The van der Waals surface area contributed by atoms with Gasteiger partial charge < -0.3 is 24.1 Å². The highest BCUT2D eigenvalue weighted by molar-refractivity contribution is 5.73. The SMILES string of the molecule is O=C(O)C(F)(F)F.O=C(O)C(F)(F)F.c1ccc(CO[C@@H]2CN(Cc3ccoc3)[C@H]3CCCO[C@@H]23)nc1. The van der Waals surface area contributed by atoms with Crippen LogP contribution in [0, 0.1) is 0 Å². The zero-order valence-electron chi connectivity index (χ0n) is 19.1. The first kappa shape index (κ1) is 30.1. The number of aliphatic carboxylic acids is 2. The Morgan fingerprint density at radius 3 is 2.24 bits per heavy atom. The minimum atomic E-state index is -5.08. The topological polar surface area (TPSA) is 122 Å². The molecule has 206 valence electrons. The smallest absolute Gasteiger partial charge is 0.475 e. The molecular formula is C22H24F6N2O7. The second kappa shape index (κ2) is 13.4. The molecule has 2 aliphatic rings. The molecule has 2 aromatic rings. The van der Waals surface area contributed by atoms with Crippen LogP contribution in [0.5, 0.6) is 0 Å². The summed E-state index contributed by atoms with van der Waals surface area (Å²) in [6.45, 7) is 3.17. The Morgan fingerprint density at radius 2 is 1.73 bits per heavy atom. The molecule has 0 aliphatic carbocycles. The molecule has 2 aliphatic heterocycles. The number of likely N-dealkylation sites (tertiary alicyclic amines) is 1. The zero-order chi connectivity index (χ0) is 27.6. The van der Waals surface area contributed by atoms with Crippen LogP contribution in [0.2, 0.25) is 0 Å². The number of carbonyl (C=O) groups is 2. The Balaban J connectivity index is 0.000000286. The van der Waals surface area contributed by atoms with Crippen molar-refractivity contribution < 1.29 is 60.0 Å². The number of pyridine rings is 1. The third kappa shape index (κ3) is 10.0. The van der Waals surface area contributed by atoms with E-state index in [0.29, 0.717) is 12.6 Å². The number of fused-ring (bicyclic) bond motifs is 1. The number of hydrogen-bond donors (Lipinski definition) is 2. The van der Waals surface area contributed by atoms with Gasteiger partial charge >= 0.3 is 24.3 Å². The van der Waals surface area contributed by atoms with Crippen LogP contribution in [-0.4, -0.2) is 75.8 Å². The highest BCUT2D eigenvalue weighted by Gasteiger charge is 2.44. The first-order valence-corrected chi connectivity index (χ1v) is 10.8. The Labute approximate surface area is 206 Å². The maximum atomic E-state index is 10.6. The molecule has 0 amide bonds. The Hall–Kier alpha value is -3.17. The number of ether oxygens (including phenoxy) is 2. The minimum absolute atomic E-state index is 0.106. The standard InChI is InChI=1S/C18H22N2O3.2C2HF3O2/c1-2-7-19-15(4-1)13-23-17-11-20(10-14-6-9-21-12-14)16-5-3-8-22-18(16)17;2*3-2(4,5)1(6)7/h1-2,4,6-7,9,12,16-18H,3,5,8,10-11,13H2;2*(H,6,7)/t16-,17+,18+;;/m0../s1. The number of carboxylic acids is 2. The van der Waals surface area contributed by atoms with Gasteiger partial charge in [0.05, 0.1) is 30.9 Å². The first-order valence-electron chi connectivity index (χ1n) is 10.8. The maximum absolute atomic E-state index is 10.6. The van der Waals surface area contributed by atoms with Crippen LogP contribution in [0.1, 0.15) is 24.1 Å². The van der Waals surface area contributed by atoms with Gasteiger partial charge in [0.15, 0.2) is 0 Å². The molecule has 15 heteroatoms. The minimum Gasteiger partial charge on any atom is -0.475 e. The Kier molecular flexibility index (Phi) is 10.9. The summed E-state index contributed by atoms with van der Waals surface area (Å²) < 4.78 is 80.9. The molecule has 3 atom stereocenters. The van der Waals surface area contributed by atoms with Gasteiger partial charge in [-0.2, -0.15) is 26.3 Å². The molecule has 2 fully saturated rings. The van der Waals surface area contributed by atoms with Crippen molar-refractivity contribution in [3.8, 4) is 0 Å². The van der Waals surface area contributed by atoms with E-state index in [4.69, 9.17) is 33.7 Å². The molecule has 0 bridgehead atoms. The van der Waals surface area contributed by atoms with E-state index in [1.165, 1.54) is 12.0 Å². The van der Waals surface area contributed by atoms with Gasteiger partial charge in [0.25, 0.3) is 0 Å². The van der Waals surface area contributed by atoms with Crippen molar-refractivity contribution in [2.75, 3.05) is 13.2 Å². The van der Waals surface area contributed by atoms with Crippen LogP contribution in [0.3, 0.4) is 0 Å². The number of hydrogen-bond acceptors (Lipinski definition) is 7. The van der Waals surface area contributed by atoms with Crippen molar-refractivity contribution in [1.29, 1.82) is 0 Å². The van der Waals surface area contributed by atoms with Gasteiger partial charge in [0, 0.05) is 37.5 Å². The normalized spacial score (nSPS) is 21.6. The number of carboxylic acid groups (broad SMARTS) is 2. The Bertz CT molecular complexity index is 946. The fourth-order valence-corrected chi connectivity index (χ4v) is 3.63. The fraction of sp³-hybridized carbons (Fsp3) is 0.500. The van der Waals surface area contributed by atoms with Crippen molar-refractivity contribution >= 4 is 11.9 Å². The lowest BCUT2D eigenvalue weighted by Gasteiger charge is -2.32. The summed E-state index contributed by atoms with van der Waals surface area (Å²) in [5.41, 5.74) is 2.17. The third-order valence-corrected chi connectivity index (χ3v) is 5.21. The van der Waals surface area contributed by atoms with Gasteiger partial charge in [0.2, 0.25) is 0 Å². The second-order valence-corrected chi connectivity index (χ2v) is 7.88. The van der Waals surface area contributed by atoms with E-state index < -0.39 is 24.3 Å². The van der Waals surface area contributed by atoms with Crippen molar-refractivity contribution in [3.63, 3.8) is 0 Å². The highest BCUT2D eigenvalue weighted by Crippen LogP contribution is 2.32. The first-order chi connectivity index (χ1) is 17.3. The second-order valence-electron chi connectivity index (χ2n) is 7.88. The molecule has 37 heavy (non-hydrogen) atoms. The summed E-state index contributed by atoms with van der Waals surface area (Å²) in [7, 11) is 0. The van der Waals surface area contributed by atoms with Crippen LogP contribution in [0.25, 0.3) is 0 Å². The number of nitrogens with zero attached hydrogens (tertiary/aromatic N) is 2. The lowest BCUT2D eigenvalue weighted by Crippen LogP contribution is -2.41. The number of furan rings is 1. The average molecular weight is 542 g/mol. The lowest BCUT2D eigenvalue weighted by molar-refractivity contribution is -0.193. The van der Waals surface area contributed by atoms with Gasteiger partial charge in [-0.25, -0.2) is 9.59 Å². The van der Waals surface area contributed by atoms with Gasteiger partial charge in [0.1, 0.15) is 6.10 Å². The lowest BCUT2D eigenvalue weighted by atomic mass is 10.0. The number of alkyl halides is 6. The fourth-order valence-electron chi connectivity index (χ4n) is 3.63. The predicted molar refractivity (Wildman–Crippen MR) is 112 cm³/mol. The molecule has 0 aromatic carbocycles. The van der Waals surface area contributed by atoms with Gasteiger partial charge in [-0.15, -0.1) is 0 Å². The highest BCUT2D eigenvalue weighted by atomic mass is 19.4. The average Bonchev–Trinajstić information content (AvgIpc) is 3.46. The molecule has 0 radical (unpaired) electrons. The third-order valence-electron chi connectivity index (χ3n) is 5.21. The van der Waals surface area contributed by atoms with Crippen molar-refractivity contribution in [3.05, 3.63) is 54.2 Å². The summed E-state index contributed by atoms with van der Waals surface area (Å²) in [4.78, 5) is 24.6. The predicted octanol–water partition coefficient (Wildman–Crippen LogP) is 3.89. The molecule has 0 unspecified atom stereocenters. The number of halogens is 6. The van der Waals surface area contributed by atoms with E-state index in [2.05, 4.69) is 9.88 Å². The quantitative estimate of drug-likeness (QED) is 0.542. The summed E-state index contributed by atoms with van der Waals surface area (Å²) in [6, 6.07) is 8.38. The molecular weight excluding hydrogens is 518 g/mol. The van der Waals surface area contributed by atoms with Crippen molar-refractivity contribution in [2.24, 2.45) is 0 Å². The van der Waals surface area contributed by atoms with Gasteiger partial charge in [-0.1, -0.05) is 6.07 Å². The Morgan fingerprint density at radius 1 is 1.08 bits per heavy atom. The molecule has 2 aromatic heterocycles. The van der Waals surface area contributed by atoms with Gasteiger partial charge in [-0.3, -0.25) is 9.88 Å². The summed E-state index contributed by atoms with van der Waals surface area (Å²) in [5, 5.41) is 14.2. The molecule has 2 N–H and O–H groups in total. The number of rotatable bonds is 5.